The normalized spacial score (nSPS) is 21.2. The lowest BCUT2D eigenvalue weighted by molar-refractivity contribution is -0.141. The van der Waals surface area contributed by atoms with Crippen LogP contribution >= 0.6 is 22.5 Å². The molecule has 0 saturated carbocycles. The van der Waals surface area contributed by atoms with Crippen molar-refractivity contribution in [2.45, 2.75) is 31.3 Å². The molecule has 4 rings (SSSR count). The minimum absolute atomic E-state index is 0.0218. The van der Waals surface area contributed by atoms with E-state index < -0.39 is 40.5 Å². The summed E-state index contributed by atoms with van der Waals surface area (Å²) in [7, 11) is 2.61. The summed E-state index contributed by atoms with van der Waals surface area (Å²) in [4.78, 5) is 39.4. The number of thiol groups is 1. The quantitative estimate of drug-likeness (QED) is 0.160. The van der Waals surface area contributed by atoms with Gasteiger partial charge in [0.15, 0.2) is 5.78 Å². The summed E-state index contributed by atoms with van der Waals surface area (Å²) in [6.07, 6.45) is -0.348. The van der Waals surface area contributed by atoms with E-state index in [1.807, 2.05) is 0 Å². The van der Waals surface area contributed by atoms with Crippen LogP contribution in [0, 0.1) is 0 Å². The van der Waals surface area contributed by atoms with Gasteiger partial charge in [0.05, 0.1) is 23.8 Å². The molecule has 2 aromatic carbocycles. The summed E-state index contributed by atoms with van der Waals surface area (Å²) < 4.78 is 5.24. The van der Waals surface area contributed by atoms with Crippen molar-refractivity contribution in [3.63, 3.8) is 0 Å². The van der Waals surface area contributed by atoms with Gasteiger partial charge in [0.25, 0.3) is 5.91 Å². The predicted octanol–water partition coefficient (Wildman–Crippen LogP) is 2.36. The molecule has 8 nitrogen and oxygen atoms in total. The molecular weight excluding hydrogens is 466 g/mol. The van der Waals surface area contributed by atoms with E-state index in [0.717, 1.165) is 0 Å². The number of benzene rings is 2. The molecule has 2 aliphatic carbocycles. The van der Waals surface area contributed by atoms with Crippen LogP contribution < -0.4 is 10.1 Å². The Morgan fingerprint density at radius 3 is 2.58 bits per heavy atom. The minimum Gasteiger partial charge on any atom is -0.507 e. The van der Waals surface area contributed by atoms with E-state index in [2.05, 4.69) is 17.0 Å². The fourth-order valence-electron chi connectivity index (χ4n) is 4.85. The van der Waals surface area contributed by atoms with Crippen LogP contribution in [0.25, 0.3) is 0 Å². The fraction of sp³-hybridized carbons (Fsp3) is 0.348. The van der Waals surface area contributed by atoms with E-state index in [-0.39, 0.29) is 52.0 Å². The Labute approximate surface area is 199 Å². The van der Waals surface area contributed by atoms with E-state index in [4.69, 9.17) is 4.74 Å². The van der Waals surface area contributed by atoms with Crippen LogP contribution in [0.1, 0.15) is 62.2 Å². The fourth-order valence-corrected chi connectivity index (χ4v) is 5.32. The topological polar surface area (TPSA) is 133 Å². The molecule has 0 spiro atoms. The number of nitrogens with one attached hydrogen (secondary N) is 1. The first-order valence-electron chi connectivity index (χ1n) is 10.3. The minimum atomic E-state index is -1.85. The number of phenolic OH excluding ortho intramolecular Hbond substituents is 2. The van der Waals surface area contributed by atoms with Crippen molar-refractivity contribution >= 4 is 39.9 Å². The summed E-state index contributed by atoms with van der Waals surface area (Å²) in [5.74, 6) is -2.68. The van der Waals surface area contributed by atoms with Crippen molar-refractivity contribution in [1.29, 1.82) is 0 Å². The largest absolute Gasteiger partial charge is 0.507 e. The molecule has 0 fully saturated rings. The zero-order chi connectivity index (χ0) is 24.1. The highest BCUT2D eigenvalue weighted by molar-refractivity contribution is 8.68. The lowest BCUT2D eigenvalue weighted by atomic mass is 9.70. The molecular formula is C23H23NO7S2. The van der Waals surface area contributed by atoms with Crippen molar-refractivity contribution in [3.8, 4) is 17.2 Å². The Morgan fingerprint density at radius 1 is 1.21 bits per heavy atom. The smallest absolute Gasteiger partial charge is 0.252 e. The van der Waals surface area contributed by atoms with Crippen LogP contribution in [0.2, 0.25) is 0 Å². The summed E-state index contributed by atoms with van der Waals surface area (Å²) in [5, 5.41) is 36.0. The monoisotopic (exact) mass is 489 g/mol. The third kappa shape index (κ3) is 3.56. The third-order valence-corrected chi connectivity index (χ3v) is 7.20. The number of ether oxygens (including phenoxy) is 1. The maximum absolute atomic E-state index is 13.4. The second-order valence-electron chi connectivity index (χ2n) is 8.28. The molecule has 0 unspecified atom stereocenters. The van der Waals surface area contributed by atoms with Gasteiger partial charge in [-0.25, -0.2) is 0 Å². The summed E-state index contributed by atoms with van der Waals surface area (Å²) in [6, 6.07) is 4.54. The number of phenols is 2. The summed E-state index contributed by atoms with van der Waals surface area (Å²) in [6.45, 7) is 1.97. The van der Waals surface area contributed by atoms with Gasteiger partial charge in [-0.05, 0) is 18.4 Å². The maximum Gasteiger partial charge on any atom is 0.252 e. The molecule has 0 bridgehead atoms. The molecule has 33 heavy (non-hydrogen) atoms. The average molecular weight is 490 g/mol. The second-order valence-corrected chi connectivity index (χ2v) is 9.72. The molecule has 0 heterocycles. The lowest BCUT2D eigenvalue weighted by Gasteiger charge is -2.37. The van der Waals surface area contributed by atoms with Gasteiger partial charge in [-0.3, -0.25) is 14.4 Å². The van der Waals surface area contributed by atoms with Gasteiger partial charge < -0.3 is 25.4 Å². The zero-order valence-electron chi connectivity index (χ0n) is 18.0. The molecule has 4 N–H and O–H groups in total. The number of methoxy groups -OCH3 is 1. The van der Waals surface area contributed by atoms with Gasteiger partial charge in [-0.1, -0.05) is 29.9 Å². The number of aliphatic hydroxyl groups is 1. The molecule has 2 atom stereocenters. The Balaban J connectivity index is 1.86. The molecule has 1 amide bonds. The highest BCUT2D eigenvalue weighted by Crippen LogP contribution is 2.51. The summed E-state index contributed by atoms with van der Waals surface area (Å²) >= 11 is 4.02. The van der Waals surface area contributed by atoms with Crippen molar-refractivity contribution in [1.82, 2.24) is 5.32 Å². The number of fused-ring (bicyclic) bond motifs is 3. The van der Waals surface area contributed by atoms with Crippen molar-refractivity contribution in [2.75, 3.05) is 19.4 Å². The first-order valence-corrected chi connectivity index (χ1v) is 12.3. The number of ketones is 2. The lowest BCUT2D eigenvalue weighted by Crippen LogP contribution is -2.51. The van der Waals surface area contributed by atoms with Gasteiger partial charge in [-0.2, -0.15) is 0 Å². The van der Waals surface area contributed by atoms with Crippen LogP contribution in [0.3, 0.4) is 0 Å². The summed E-state index contributed by atoms with van der Waals surface area (Å²) in [5.41, 5.74) is -2.08. The molecule has 0 saturated heterocycles. The number of hydrogen-bond donors (Lipinski definition) is 5. The highest BCUT2D eigenvalue weighted by Gasteiger charge is 2.47. The zero-order valence-corrected chi connectivity index (χ0v) is 19.7. The Kier molecular flexibility index (Phi) is 6.10. The highest BCUT2D eigenvalue weighted by atomic mass is 33.1. The number of aromatic hydroxyl groups is 2. The first-order chi connectivity index (χ1) is 15.7. The van der Waals surface area contributed by atoms with Gasteiger partial charge in [0, 0.05) is 35.4 Å². The molecule has 0 radical (unpaired) electrons. The van der Waals surface area contributed by atoms with Crippen molar-refractivity contribution in [2.24, 2.45) is 0 Å². The van der Waals surface area contributed by atoms with E-state index in [9.17, 15) is 29.7 Å². The SMILES string of the molecule is COc1cccc2c1C(=O)c1c(O)c3c(c(O)c1C2=O)C[C@@](O)(C(=O)NCCSS)C[C@@H]3C. The van der Waals surface area contributed by atoms with Crippen LogP contribution in [-0.2, 0) is 11.2 Å². The maximum atomic E-state index is 13.4. The third-order valence-electron chi connectivity index (χ3n) is 6.27. The van der Waals surface area contributed by atoms with Gasteiger partial charge in [0.1, 0.15) is 22.8 Å². The van der Waals surface area contributed by atoms with Gasteiger partial charge >= 0.3 is 0 Å². The Hall–Kier alpha value is -2.69. The van der Waals surface area contributed by atoms with E-state index >= 15 is 0 Å². The Morgan fingerprint density at radius 2 is 1.91 bits per heavy atom. The second kappa shape index (κ2) is 8.58. The standard InChI is InChI=1S/C23H23NO7S2/c1-10-8-23(30,22(29)24-6-7-33-32)9-12-14(10)20(27)17-16(19(12)26)18(25)11-4-3-5-13(31-2)15(11)21(17)28/h3-5,10,26-27,30,32H,6-9H2,1-2H3,(H,24,29)/t10-,23+/m0/s1. The molecule has 10 heteroatoms. The van der Waals surface area contributed by atoms with Crippen molar-refractivity contribution in [3.05, 3.63) is 51.6 Å². The average Bonchev–Trinajstić information content (AvgIpc) is 2.78. The number of carbonyl (C=O) groups excluding carboxylic acids is 3. The van der Waals surface area contributed by atoms with Gasteiger partial charge in [0.2, 0.25) is 5.78 Å². The van der Waals surface area contributed by atoms with Crippen LogP contribution in [0.4, 0.5) is 0 Å². The molecule has 0 aliphatic heterocycles. The Bertz CT molecular complexity index is 1200. The predicted molar refractivity (Wildman–Crippen MR) is 126 cm³/mol. The number of rotatable bonds is 5. The van der Waals surface area contributed by atoms with Crippen molar-refractivity contribution < 1.29 is 34.4 Å². The van der Waals surface area contributed by atoms with Crippen LogP contribution in [0.15, 0.2) is 18.2 Å². The number of carbonyl (C=O) groups is 3. The van der Waals surface area contributed by atoms with E-state index in [1.54, 1.807) is 13.0 Å². The number of amides is 1. The molecule has 0 aromatic heterocycles. The molecule has 2 aliphatic rings. The molecule has 2 aromatic rings. The molecule has 174 valence electrons. The van der Waals surface area contributed by atoms with E-state index in [1.165, 1.54) is 30.0 Å². The number of hydrogen-bond acceptors (Lipinski definition) is 9. The first kappa shape index (κ1) is 23.5. The van der Waals surface area contributed by atoms with Crippen LogP contribution in [-0.4, -0.2) is 57.8 Å². The van der Waals surface area contributed by atoms with Crippen LogP contribution in [0.5, 0.6) is 17.2 Å². The van der Waals surface area contributed by atoms with Gasteiger partial charge in [-0.15, -0.1) is 11.7 Å². The van der Waals surface area contributed by atoms with E-state index in [0.29, 0.717) is 12.3 Å².